The molecule has 0 fully saturated rings. The summed E-state index contributed by atoms with van der Waals surface area (Å²) in [5.74, 6) is 1.31. The van der Waals surface area contributed by atoms with Crippen LogP contribution in [0.4, 0.5) is 0 Å². The molecular weight excluding hydrogens is 384 g/mol. The summed E-state index contributed by atoms with van der Waals surface area (Å²) in [6, 6.07) is 5.55. The standard InChI is InChI=1S/C23H22N2O3S/c1-12-4-6-17-18(8-12)29-23-20(17)22(24-11-25-23)27-10-15-9-19(26)28-21-14(3)13(2)5-7-16(15)21/h5,7,9,11-12H,4,6,8,10H2,1-3H3. The summed E-state index contributed by atoms with van der Waals surface area (Å²) in [7, 11) is 0. The maximum atomic E-state index is 12.1. The average Bonchev–Trinajstić information content (AvgIpc) is 3.07. The molecular formula is C23H22N2O3S. The lowest BCUT2D eigenvalue weighted by molar-refractivity contribution is 0.298. The summed E-state index contributed by atoms with van der Waals surface area (Å²) in [5.41, 5.74) is 4.49. The monoisotopic (exact) mass is 406 g/mol. The van der Waals surface area contributed by atoms with Gasteiger partial charge in [-0.3, -0.25) is 0 Å². The molecule has 0 saturated heterocycles. The first-order valence-corrected chi connectivity index (χ1v) is 10.7. The lowest BCUT2D eigenvalue weighted by Gasteiger charge is -2.18. The molecule has 29 heavy (non-hydrogen) atoms. The molecule has 0 spiro atoms. The third-order valence-corrected chi connectivity index (χ3v) is 7.10. The summed E-state index contributed by atoms with van der Waals surface area (Å²) in [5, 5.41) is 1.94. The van der Waals surface area contributed by atoms with Crippen molar-refractivity contribution in [1.29, 1.82) is 0 Å². The van der Waals surface area contributed by atoms with Crippen LogP contribution in [0.15, 0.2) is 33.7 Å². The van der Waals surface area contributed by atoms with Gasteiger partial charge >= 0.3 is 5.63 Å². The molecule has 1 aliphatic carbocycles. The molecule has 0 amide bonds. The molecule has 4 aromatic rings. The number of fused-ring (bicyclic) bond motifs is 4. The third-order valence-electron chi connectivity index (χ3n) is 5.94. The number of hydrogen-bond acceptors (Lipinski definition) is 6. The SMILES string of the molecule is Cc1ccc2c(COc3ncnc4sc5c(c34)CCC(C)C5)cc(=O)oc2c1C. The predicted molar refractivity (Wildman–Crippen MR) is 115 cm³/mol. The summed E-state index contributed by atoms with van der Waals surface area (Å²) < 4.78 is 11.6. The number of ether oxygens (including phenoxy) is 1. The average molecular weight is 407 g/mol. The van der Waals surface area contributed by atoms with E-state index in [4.69, 9.17) is 9.15 Å². The van der Waals surface area contributed by atoms with E-state index in [1.54, 1.807) is 17.7 Å². The summed E-state index contributed by atoms with van der Waals surface area (Å²) in [4.78, 5) is 23.4. The van der Waals surface area contributed by atoms with Crippen molar-refractivity contribution in [2.45, 2.75) is 46.6 Å². The van der Waals surface area contributed by atoms with Gasteiger partial charge < -0.3 is 9.15 Å². The topological polar surface area (TPSA) is 65.2 Å². The maximum absolute atomic E-state index is 12.1. The molecule has 0 bridgehead atoms. The Morgan fingerprint density at radius 1 is 1.28 bits per heavy atom. The molecule has 0 saturated carbocycles. The Morgan fingerprint density at radius 3 is 3.00 bits per heavy atom. The van der Waals surface area contributed by atoms with Crippen LogP contribution in [-0.4, -0.2) is 9.97 Å². The fourth-order valence-electron chi connectivity index (χ4n) is 4.15. The van der Waals surface area contributed by atoms with E-state index in [9.17, 15) is 4.79 Å². The number of aromatic nitrogens is 2. The van der Waals surface area contributed by atoms with Gasteiger partial charge in [0.15, 0.2) is 0 Å². The molecule has 1 unspecified atom stereocenters. The van der Waals surface area contributed by atoms with E-state index in [0.29, 0.717) is 17.4 Å². The zero-order valence-electron chi connectivity index (χ0n) is 16.7. The van der Waals surface area contributed by atoms with E-state index in [1.165, 1.54) is 22.9 Å². The van der Waals surface area contributed by atoms with Crippen LogP contribution in [0.2, 0.25) is 0 Å². The van der Waals surface area contributed by atoms with E-state index >= 15 is 0 Å². The summed E-state index contributed by atoms with van der Waals surface area (Å²) in [6.07, 6.45) is 4.87. The van der Waals surface area contributed by atoms with Crippen LogP contribution in [0.25, 0.3) is 21.2 Å². The van der Waals surface area contributed by atoms with Crippen LogP contribution < -0.4 is 10.4 Å². The molecule has 1 atom stereocenters. The molecule has 148 valence electrons. The number of nitrogens with zero attached hydrogens (tertiary/aromatic N) is 2. The van der Waals surface area contributed by atoms with Crippen LogP contribution in [0, 0.1) is 19.8 Å². The largest absolute Gasteiger partial charge is 0.472 e. The molecule has 3 heterocycles. The quantitative estimate of drug-likeness (QED) is 0.442. The van der Waals surface area contributed by atoms with Gasteiger partial charge in [0.25, 0.3) is 0 Å². The van der Waals surface area contributed by atoms with Gasteiger partial charge in [0, 0.05) is 21.9 Å². The summed E-state index contributed by atoms with van der Waals surface area (Å²) in [6.45, 7) is 6.54. The number of benzene rings is 1. The summed E-state index contributed by atoms with van der Waals surface area (Å²) >= 11 is 1.75. The Balaban J connectivity index is 1.55. The van der Waals surface area contributed by atoms with Gasteiger partial charge in [-0.15, -0.1) is 11.3 Å². The number of rotatable bonds is 3. The van der Waals surface area contributed by atoms with Gasteiger partial charge in [0.1, 0.15) is 23.3 Å². The second-order valence-corrected chi connectivity index (χ2v) is 9.06. The first kappa shape index (κ1) is 18.3. The van der Waals surface area contributed by atoms with Crippen molar-refractivity contribution in [3.63, 3.8) is 0 Å². The van der Waals surface area contributed by atoms with Gasteiger partial charge in [0.2, 0.25) is 5.88 Å². The van der Waals surface area contributed by atoms with Gasteiger partial charge in [-0.05, 0) is 55.7 Å². The second kappa shape index (κ2) is 6.95. The molecule has 1 aromatic carbocycles. The Bertz CT molecular complexity index is 1310. The first-order valence-electron chi connectivity index (χ1n) is 9.92. The van der Waals surface area contributed by atoms with Gasteiger partial charge in [0.05, 0.1) is 5.39 Å². The van der Waals surface area contributed by atoms with Gasteiger partial charge in [-0.25, -0.2) is 14.8 Å². The Morgan fingerprint density at radius 2 is 2.14 bits per heavy atom. The van der Waals surface area contributed by atoms with Crippen LogP contribution in [0.3, 0.4) is 0 Å². The molecule has 5 nitrogen and oxygen atoms in total. The molecule has 0 N–H and O–H groups in total. The van der Waals surface area contributed by atoms with E-state index in [0.717, 1.165) is 45.1 Å². The molecule has 6 heteroatoms. The van der Waals surface area contributed by atoms with Crippen molar-refractivity contribution < 1.29 is 9.15 Å². The van der Waals surface area contributed by atoms with Crippen molar-refractivity contribution in [3.8, 4) is 5.88 Å². The van der Waals surface area contributed by atoms with Crippen LogP contribution in [0.1, 0.15) is 40.5 Å². The molecule has 0 aliphatic heterocycles. The third kappa shape index (κ3) is 3.12. The van der Waals surface area contributed by atoms with Crippen molar-refractivity contribution in [2.75, 3.05) is 0 Å². The minimum Gasteiger partial charge on any atom is -0.472 e. The lowest BCUT2D eigenvalue weighted by atomic mass is 9.89. The molecule has 5 rings (SSSR count). The highest BCUT2D eigenvalue weighted by molar-refractivity contribution is 7.18. The van der Waals surface area contributed by atoms with Crippen molar-refractivity contribution >= 4 is 32.5 Å². The number of thiophene rings is 1. The molecule has 1 aliphatic rings. The second-order valence-electron chi connectivity index (χ2n) is 7.97. The lowest BCUT2D eigenvalue weighted by Crippen LogP contribution is -2.09. The highest BCUT2D eigenvalue weighted by atomic mass is 32.1. The number of hydrogen-bond donors (Lipinski definition) is 0. The smallest absolute Gasteiger partial charge is 0.336 e. The Kier molecular flexibility index (Phi) is 4.39. The van der Waals surface area contributed by atoms with Crippen molar-refractivity contribution in [3.05, 3.63) is 62.1 Å². The fourth-order valence-corrected chi connectivity index (χ4v) is 5.49. The molecule has 3 aromatic heterocycles. The van der Waals surface area contributed by atoms with Crippen molar-refractivity contribution in [1.82, 2.24) is 9.97 Å². The van der Waals surface area contributed by atoms with E-state index < -0.39 is 0 Å². The highest BCUT2D eigenvalue weighted by Gasteiger charge is 2.23. The minimum absolute atomic E-state index is 0.262. The van der Waals surface area contributed by atoms with Crippen LogP contribution in [-0.2, 0) is 19.4 Å². The fraction of sp³-hybridized carbons (Fsp3) is 0.348. The van der Waals surface area contributed by atoms with E-state index in [-0.39, 0.29) is 12.2 Å². The maximum Gasteiger partial charge on any atom is 0.336 e. The Labute approximate surface area is 172 Å². The van der Waals surface area contributed by atoms with E-state index in [1.807, 2.05) is 26.0 Å². The Hall–Kier alpha value is -2.73. The van der Waals surface area contributed by atoms with Crippen LogP contribution >= 0.6 is 11.3 Å². The predicted octanol–water partition coefficient (Wildman–Crippen LogP) is 5.12. The van der Waals surface area contributed by atoms with Gasteiger partial charge in [-0.1, -0.05) is 19.1 Å². The highest BCUT2D eigenvalue weighted by Crippen LogP contribution is 2.40. The zero-order valence-corrected chi connectivity index (χ0v) is 17.6. The van der Waals surface area contributed by atoms with Crippen LogP contribution in [0.5, 0.6) is 5.88 Å². The van der Waals surface area contributed by atoms with Crippen molar-refractivity contribution in [2.24, 2.45) is 5.92 Å². The normalized spacial score (nSPS) is 16.3. The zero-order chi connectivity index (χ0) is 20.1. The first-order chi connectivity index (χ1) is 14.0. The minimum atomic E-state index is -0.362. The van der Waals surface area contributed by atoms with E-state index in [2.05, 4.69) is 16.9 Å². The van der Waals surface area contributed by atoms with Gasteiger partial charge in [-0.2, -0.15) is 0 Å². The molecule has 0 radical (unpaired) electrons. The number of aryl methyl sites for hydroxylation is 3.